The van der Waals surface area contributed by atoms with Crippen LogP contribution in [-0.4, -0.2) is 72.6 Å². The Morgan fingerprint density at radius 1 is 1.04 bits per heavy atom. The summed E-state index contributed by atoms with van der Waals surface area (Å²) >= 11 is 0. The van der Waals surface area contributed by atoms with Crippen LogP contribution in [0.2, 0.25) is 0 Å². The van der Waals surface area contributed by atoms with Gasteiger partial charge in [0.2, 0.25) is 0 Å². The zero-order chi connectivity index (χ0) is 17.2. The van der Waals surface area contributed by atoms with Crippen LogP contribution in [0.25, 0.3) is 10.9 Å². The average molecular weight is 343 g/mol. The molecule has 0 saturated carbocycles. The van der Waals surface area contributed by atoms with E-state index in [-0.39, 0.29) is 5.82 Å². The number of hydrogen-bond acceptors (Lipinski definition) is 5. The lowest BCUT2D eigenvalue weighted by molar-refractivity contribution is 0.129. The zero-order valence-corrected chi connectivity index (χ0v) is 14.9. The second-order valence-corrected chi connectivity index (χ2v) is 7.37. The number of likely N-dealkylation sites (N-methyl/N-ethyl adjacent to an activating group) is 1. The molecule has 0 atom stereocenters. The predicted molar refractivity (Wildman–Crippen MR) is 98.4 cm³/mol. The Morgan fingerprint density at radius 3 is 2.56 bits per heavy atom. The van der Waals surface area contributed by atoms with Crippen LogP contribution in [0.1, 0.15) is 12.8 Å². The maximum atomic E-state index is 14.0. The molecule has 3 heterocycles. The van der Waals surface area contributed by atoms with Crippen LogP contribution in [0.4, 0.5) is 10.2 Å². The quantitative estimate of drug-likeness (QED) is 0.854. The first-order chi connectivity index (χ1) is 12.2. The highest BCUT2D eigenvalue weighted by Crippen LogP contribution is 2.28. The van der Waals surface area contributed by atoms with Crippen molar-refractivity contribution >= 4 is 16.7 Å². The van der Waals surface area contributed by atoms with Crippen molar-refractivity contribution in [1.29, 1.82) is 0 Å². The van der Waals surface area contributed by atoms with Crippen LogP contribution in [0.15, 0.2) is 24.5 Å². The lowest BCUT2D eigenvalue weighted by Gasteiger charge is -2.38. The van der Waals surface area contributed by atoms with E-state index in [0.717, 1.165) is 30.2 Å². The fourth-order valence-electron chi connectivity index (χ4n) is 4.01. The lowest BCUT2D eigenvalue weighted by Crippen LogP contribution is -2.47. The fourth-order valence-corrected chi connectivity index (χ4v) is 4.01. The van der Waals surface area contributed by atoms with Crippen LogP contribution in [0.3, 0.4) is 0 Å². The van der Waals surface area contributed by atoms with E-state index in [9.17, 15) is 4.39 Å². The van der Waals surface area contributed by atoms with Gasteiger partial charge in [0.25, 0.3) is 0 Å². The smallest absolute Gasteiger partial charge is 0.149 e. The zero-order valence-electron chi connectivity index (χ0n) is 14.9. The molecule has 2 saturated heterocycles. The first-order valence-corrected chi connectivity index (χ1v) is 9.26. The Hall–Kier alpha value is -1.79. The van der Waals surface area contributed by atoms with Gasteiger partial charge in [0.05, 0.1) is 0 Å². The van der Waals surface area contributed by atoms with Gasteiger partial charge in [0.15, 0.2) is 0 Å². The average Bonchev–Trinajstić information content (AvgIpc) is 2.64. The third kappa shape index (κ3) is 3.60. The number of halogens is 1. The lowest BCUT2D eigenvalue weighted by atomic mass is 9.95. The number of piperidine rings is 1. The van der Waals surface area contributed by atoms with Gasteiger partial charge in [-0.05, 0) is 37.9 Å². The molecule has 0 unspecified atom stereocenters. The summed E-state index contributed by atoms with van der Waals surface area (Å²) in [6.07, 6.45) is 3.83. The third-order valence-electron chi connectivity index (χ3n) is 5.62. The summed E-state index contributed by atoms with van der Waals surface area (Å²) < 4.78 is 14.0. The van der Waals surface area contributed by atoms with Gasteiger partial charge in [-0.2, -0.15) is 0 Å². The molecule has 2 aliphatic rings. The molecule has 0 bridgehead atoms. The van der Waals surface area contributed by atoms with E-state index < -0.39 is 0 Å². The van der Waals surface area contributed by atoms with Crippen LogP contribution in [-0.2, 0) is 0 Å². The minimum Gasteiger partial charge on any atom is -0.356 e. The molecular formula is C19H26FN5. The molecule has 2 aliphatic heterocycles. The maximum Gasteiger partial charge on any atom is 0.149 e. The molecule has 6 heteroatoms. The van der Waals surface area contributed by atoms with Gasteiger partial charge in [-0.25, -0.2) is 14.4 Å². The first-order valence-electron chi connectivity index (χ1n) is 9.26. The number of aromatic nitrogens is 2. The Balaban J connectivity index is 1.40. The van der Waals surface area contributed by atoms with Gasteiger partial charge in [-0.15, -0.1) is 0 Å². The van der Waals surface area contributed by atoms with Gasteiger partial charge >= 0.3 is 0 Å². The van der Waals surface area contributed by atoms with E-state index in [1.54, 1.807) is 6.07 Å². The Morgan fingerprint density at radius 2 is 1.80 bits per heavy atom. The number of para-hydroxylation sites is 1. The highest BCUT2D eigenvalue weighted by molar-refractivity contribution is 5.89. The summed E-state index contributed by atoms with van der Waals surface area (Å²) in [5.74, 6) is 1.36. The number of hydrogen-bond donors (Lipinski definition) is 0. The molecule has 5 nitrogen and oxygen atoms in total. The van der Waals surface area contributed by atoms with E-state index in [4.69, 9.17) is 0 Å². The Labute approximate surface area is 148 Å². The van der Waals surface area contributed by atoms with Gasteiger partial charge < -0.3 is 14.7 Å². The van der Waals surface area contributed by atoms with Crippen molar-refractivity contribution in [3.63, 3.8) is 0 Å². The predicted octanol–water partition coefficient (Wildman–Crippen LogP) is 2.23. The number of nitrogens with zero attached hydrogens (tertiary/aromatic N) is 5. The summed E-state index contributed by atoms with van der Waals surface area (Å²) in [5.41, 5.74) is 0.423. The number of rotatable bonds is 3. The second kappa shape index (κ2) is 7.22. The first kappa shape index (κ1) is 16.7. The van der Waals surface area contributed by atoms with E-state index in [1.807, 2.05) is 6.07 Å². The maximum absolute atomic E-state index is 14.0. The minimum absolute atomic E-state index is 0.272. The van der Waals surface area contributed by atoms with Crippen molar-refractivity contribution in [2.75, 3.05) is 57.8 Å². The van der Waals surface area contributed by atoms with E-state index in [1.165, 1.54) is 58.0 Å². The summed E-state index contributed by atoms with van der Waals surface area (Å²) in [7, 11) is 2.20. The molecule has 4 rings (SSSR count). The number of anilines is 1. The van der Waals surface area contributed by atoms with Gasteiger partial charge in [0.1, 0.15) is 23.5 Å². The van der Waals surface area contributed by atoms with Gasteiger partial charge in [0, 0.05) is 51.2 Å². The molecule has 0 spiro atoms. The number of piperazine rings is 1. The van der Waals surface area contributed by atoms with Crippen molar-refractivity contribution in [3.05, 3.63) is 30.3 Å². The molecule has 1 aromatic carbocycles. The van der Waals surface area contributed by atoms with Crippen LogP contribution >= 0.6 is 0 Å². The third-order valence-corrected chi connectivity index (χ3v) is 5.62. The van der Waals surface area contributed by atoms with Gasteiger partial charge in [-0.3, -0.25) is 0 Å². The highest BCUT2D eigenvalue weighted by Gasteiger charge is 2.24. The fraction of sp³-hybridized carbons (Fsp3) is 0.579. The molecule has 1 aromatic heterocycles. The molecular weight excluding hydrogens is 317 g/mol. The van der Waals surface area contributed by atoms with Crippen LogP contribution in [0.5, 0.6) is 0 Å². The standard InChI is InChI=1S/C19H26FN5/c1-23-9-11-24(12-10-23)13-15-5-7-25(8-6-15)19-16-3-2-4-17(20)18(16)21-14-22-19/h2-4,14-15H,5-13H2,1H3. The van der Waals surface area contributed by atoms with Crippen LogP contribution in [0, 0.1) is 11.7 Å². The Kier molecular flexibility index (Phi) is 4.81. The molecule has 0 aliphatic carbocycles. The highest BCUT2D eigenvalue weighted by atomic mass is 19.1. The Bertz CT molecular complexity index is 721. The monoisotopic (exact) mass is 343 g/mol. The summed E-state index contributed by atoms with van der Waals surface area (Å²) in [4.78, 5) is 15.9. The summed E-state index contributed by atoms with van der Waals surface area (Å²) in [6, 6.07) is 5.12. The topological polar surface area (TPSA) is 35.5 Å². The molecule has 134 valence electrons. The van der Waals surface area contributed by atoms with Crippen molar-refractivity contribution < 1.29 is 4.39 Å². The van der Waals surface area contributed by atoms with Crippen LogP contribution < -0.4 is 4.90 Å². The van der Waals surface area contributed by atoms with Crippen molar-refractivity contribution in [2.45, 2.75) is 12.8 Å². The van der Waals surface area contributed by atoms with Crippen molar-refractivity contribution in [3.8, 4) is 0 Å². The minimum atomic E-state index is -0.272. The van der Waals surface area contributed by atoms with Crippen molar-refractivity contribution in [1.82, 2.24) is 19.8 Å². The van der Waals surface area contributed by atoms with Crippen molar-refractivity contribution in [2.24, 2.45) is 5.92 Å². The van der Waals surface area contributed by atoms with E-state index in [0.29, 0.717) is 5.52 Å². The summed E-state index contributed by atoms with van der Waals surface area (Å²) in [5, 5.41) is 0.819. The molecule has 2 fully saturated rings. The van der Waals surface area contributed by atoms with Gasteiger partial charge in [-0.1, -0.05) is 6.07 Å². The number of benzene rings is 1. The molecule has 0 N–H and O–H groups in total. The van der Waals surface area contributed by atoms with E-state index in [2.05, 4.69) is 31.7 Å². The van der Waals surface area contributed by atoms with E-state index >= 15 is 0 Å². The SMILES string of the molecule is CN1CCN(CC2CCN(c3ncnc4c(F)cccc34)CC2)CC1. The number of fused-ring (bicyclic) bond motifs is 1. The largest absolute Gasteiger partial charge is 0.356 e. The summed E-state index contributed by atoms with van der Waals surface area (Å²) in [6.45, 7) is 7.91. The molecule has 25 heavy (non-hydrogen) atoms. The molecule has 0 amide bonds. The normalized spacial score (nSPS) is 21.1. The molecule has 0 radical (unpaired) electrons. The second-order valence-electron chi connectivity index (χ2n) is 7.37. The molecule has 2 aromatic rings.